The molecule has 0 saturated carbocycles. The van der Waals surface area contributed by atoms with Gasteiger partial charge >= 0.3 is 0 Å². The van der Waals surface area contributed by atoms with Crippen molar-refractivity contribution in [3.05, 3.63) is 66.3 Å². The van der Waals surface area contributed by atoms with E-state index in [1.54, 1.807) is 25.3 Å². The second-order valence-electron chi connectivity index (χ2n) is 4.98. The molecular formula is C19H20O4. The van der Waals surface area contributed by atoms with Crippen molar-refractivity contribution in [2.24, 2.45) is 0 Å². The molecule has 0 bridgehead atoms. The van der Waals surface area contributed by atoms with Gasteiger partial charge in [0, 0.05) is 7.11 Å². The third kappa shape index (κ3) is 4.63. The van der Waals surface area contributed by atoms with Crippen LogP contribution in [-0.2, 0) is 11.2 Å². The van der Waals surface area contributed by atoms with Crippen molar-refractivity contribution in [2.75, 3.05) is 13.7 Å². The predicted octanol–water partition coefficient (Wildman–Crippen LogP) is 4.28. The zero-order valence-corrected chi connectivity index (χ0v) is 13.0. The molecule has 0 heterocycles. The Kier molecular flexibility index (Phi) is 5.83. The Balaban J connectivity index is 2.22. The molecule has 120 valence electrons. The SMILES string of the molecule is C=CCc1ccc(Oc2cc(/C=C/COC)cc(O)c2O)cc1. The molecular weight excluding hydrogens is 292 g/mol. The minimum absolute atomic E-state index is 0.193. The third-order valence-corrected chi connectivity index (χ3v) is 3.18. The number of phenols is 2. The van der Waals surface area contributed by atoms with Gasteiger partial charge in [-0.1, -0.05) is 30.4 Å². The topological polar surface area (TPSA) is 58.9 Å². The van der Waals surface area contributed by atoms with Crippen LogP contribution in [-0.4, -0.2) is 23.9 Å². The van der Waals surface area contributed by atoms with E-state index in [-0.39, 0.29) is 17.2 Å². The fraction of sp³-hybridized carbons (Fsp3) is 0.158. The second-order valence-corrected chi connectivity index (χ2v) is 4.98. The number of phenolic OH excluding ortho intramolecular Hbond substituents is 2. The monoisotopic (exact) mass is 312 g/mol. The molecule has 2 aromatic carbocycles. The molecule has 4 nitrogen and oxygen atoms in total. The Morgan fingerprint density at radius 2 is 1.87 bits per heavy atom. The summed E-state index contributed by atoms with van der Waals surface area (Å²) in [5.74, 6) is 0.246. The van der Waals surface area contributed by atoms with Gasteiger partial charge in [-0.2, -0.15) is 0 Å². The summed E-state index contributed by atoms with van der Waals surface area (Å²) in [5, 5.41) is 19.8. The van der Waals surface area contributed by atoms with E-state index in [1.807, 2.05) is 30.3 Å². The van der Waals surface area contributed by atoms with Crippen molar-refractivity contribution in [1.82, 2.24) is 0 Å². The van der Waals surface area contributed by atoms with Crippen LogP contribution < -0.4 is 4.74 Å². The lowest BCUT2D eigenvalue weighted by Crippen LogP contribution is -1.88. The number of rotatable bonds is 7. The summed E-state index contributed by atoms with van der Waals surface area (Å²) < 4.78 is 10.6. The van der Waals surface area contributed by atoms with Crippen molar-refractivity contribution >= 4 is 6.08 Å². The van der Waals surface area contributed by atoms with Crippen LogP contribution in [0.1, 0.15) is 11.1 Å². The fourth-order valence-electron chi connectivity index (χ4n) is 2.06. The zero-order chi connectivity index (χ0) is 16.7. The number of methoxy groups -OCH3 is 1. The number of hydrogen-bond donors (Lipinski definition) is 2. The van der Waals surface area contributed by atoms with Gasteiger partial charge < -0.3 is 19.7 Å². The molecule has 0 saturated heterocycles. The molecule has 0 spiro atoms. The predicted molar refractivity (Wildman–Crippen MR) is 91.1 cm³/mol. The van der Waals surface area contributed by atoms with Crippen LogP contribution in [0.2, 0.25) is 0 Å². The molecule has 0 aliphatic rings. The van der Waals surface area contributed by atoms with Crippen LogP contribution in [0.15, 0.2) is 55.1 Å². The van der Waals surface area contributed by atoms with Crippen LogP contribution >= 0.6 is 0 Å². The van der Waals surface area contributed by atoms with Crippen LogP contribution in [0.25, 0.3) is 6.08 Å². The molecule has 0 aliphatic carbocycles. The van der Waals surface area contributed by atoms with Gasteiger partial charge in [-0.3, -0.25) is 0 Å². The van der Waals surface area contributed by atoms with Gasteiger partial charge in [-0.25, -0.2) is 0 Å². The largest absolute Gasteiger partial charge is 0.504 e. The molecule has 0 atom stereocenters. The first-order valence-corrected chi connectivity index (χ1v) is 7.23. The van der Waals surface area contributed by atoms with Crippen LogP contribution in [0.3, 0.4) is 0 Å². The molecule has 0 aromatic heterocycles. The second kappa shape index (κ2) is 8.06. The minimum atomic E-state index is -0.288. The summed E-state index contributed by atoms with van der Waals surface area (Å²) in [6.07, 6.45) is 6.20. The molecule has 2 N–H and O–H groups in total. The average Bonchev–Trinajstić information content (AvgIpc) is 2.54. The van der Waals surface area contributed by atoms with Crippen LogP contribution in [0.5, 0.6) is 23.0 Å². The number of benzene rings is 2. The summed E-state index contributed by atoms with van der Waals surface area (Å²) in [6.45, 7) is 4.16. The molecule has 0 radical (unpaired) electrons. The normalized spacial score (nSPS) is 10.8. The average molecular weight is 312 g/mol. The lowest BCUT2D eigenvalue weighted by molar-refractivity contribution is 0.234. The molecule has 0 unspecified atom stereocenters. The van der Waals surface area contributed by atoms with E-state index >= 15 is 0 Å². The molecule has 2 aromatic rings. The summed E-state index contributed by atoms with van der Waals surface area (Å²) in [6, 6.07) is 10.6. The van der Waals surface area contributed by atoms with Crippen molar-refractivity contribution in [1.29, 1.82) is 0 Å². The van der Waals surface area contributed by atoms with Crippen molar-refractivity contribution in [3.8, 4) is 23.0 Å². The van der Waals surface area contributed by atoms with E-state index in [9.17, 15) is 10.2 Å². The molecule has 23 heavy (non-hydrogen) atoms. The number of aromatic hydroxyl groups is 2. The lowest BCUT2D eigenvalue weighted by atomic mass is 10.1. The maximum absolute atomic E-state index is 9.96. The highest BCUT2D eigenvalue weighted by Crippen LogP contribution is 2.39. The fourth-order valence-corrected chi connectivity index (χ4v) is 2.06. The number of hydrogen-bond acceptors (Lipinski definition) is 4. The highest BCUT2D eigenvalue weighted by atomic mass is 16.5. The summed E-state index contributed by atoms with van der Waals surface area (Å²) >= 11 is 0. The first-order chi connectivity index (χ1) is 11.1. The van der Waals surface area contributed by atoms with Crippen molar-refractivity contribution in [2.45, 2.75) is 6.42 Å². The van der Waals surface area contributed by atoms with Crippen LogP contribution in [0, 0.1) is 0 Å². The maximum atomic E-state index is 9.96. The smallest absolute Gasteiger partial charge is 0.201 e. The van der Waals surface area contributed by atoms with Gasteiger partial charge in [-0.05, 0) is 41.8 Å². The van der Waals surface area contributed by atoms with Crippen LogP contribution in [0.4, 0.5) is 0 Å². The summed E-state index contributed by atoms with van der Waals surface area (Å²) in [7, 11) is 1.60. The van der Waals surface area contributed by atoms with Gasteiger partial charge in [-0.15, -0.1) is 6.58 Å². The third-order valence-electron chi connectivity index (χ3n) is 3.18. The van der Waals surface area contributed by atoms with Crippen molar-refractivity contribution in [3.63, 3.8) is 0 Å². The quantitative estimate of drug-likeness (QED) is 0.592. The van der Waals surface area contributed by atoms with E-state index in [2.05, 4.69) is 6.58 Å². The highest BCUT2D eigenvalue weighted by Gasteiger charge is 2.10. The molecule has 0 aliphatic heterocycles. The summed E-state index contributed by atoms with van der Waals surface area (Å²) in [4.78, 5) is 0. The van der Waals surface area contributed by atoms with E-state index in [1.165, 1.54) is 6.07 Å². The highest BCUT2D eigenvalue weighted by molar-refractivity contribution is 5.61. The number of ether oxygens (including phenoxy) is 2. The Labute approximate surface area is 135 Å². The Hall–Kier alpha value is -2.72. The minimum Gasteiger partial charge on any atom is -0.504 e. The summed E-state index contributed by atoms with van der Waals surface area (Å²) in [5.41, 5.74) is 1.83. The standard InChI is InChI=1S/C19H20O4/c1-3-5-14-7-9-16(10-8-14)23-18-13-15(6-4-11-22-2)12-17(20)19(18)21/h3-4,6-10,12-13,20-21H,1,5,11H2,2H3/b6-4+. The van der Waals surface area contributed by atoms with E-state index in [4.69, 9.17) is 9.47 Å². The zero-order valence-electron chi connectivity index (χ0n) is 13.0. The Morgan fingerprint density at radius 3 is 2.52 bits per heavy atom. The van der Waals surface area contributed by atoms with Gasteiger partial charge in [0.25, 0.3) is 0 Å². The maximum Gasteiger partial charge on any atom is 0.201 e. The first-order valence-electron chi connectivity index (χ1n) is 7.23. The first kappa shape index (κ1) is 16.6. The van der Waals surface area contributed by atoms with E-state index < -0.39 is 0 Å². The molecule has 0 fully saturated rings. The molecule has 2 rings (SSSR count). The Bertz CT molecular complexity index is 687. The number of allylic oxidation sites excluding steroid dienone is 1. The Morgan fingerprint density at radius 1 is 1.13 bits per heavy atom. The van der Waals surface area contributed by atoms with E-state index in [0.29, 0.717) is 17.9 Å². The lowest BCUT2D eigenvalue weighted by Gasteiger charge is -2.10. The van der Waals surface area contributed by atoms with E-state index in [0.717, 1.165) is 12.0 Å². The van der Waals surface area contributed by atoms with Crippen molar-refractivity contribution < 1.29 is 19.7 Å². The van der Waals surface area contributed by atoms with Gasteiger partial charge in [0.2, 0.25) is 5.75 Å². The molecule has 0 amide bonds. The molecule has 4 heteroatoms. The van der Waals surface area contributed by atoms with Gasteiger partial charge in [0.15, 0.2) is 11.5 Å². The van der Waals surface area contributed by atoms with Gasteiger partial charge in [0.1, 0.15) is 5.75 Å². The van der Waals surface area contributed by atoms with Gasteiger partial charge in [0.05, 0.1) is 6.61 Å².